The Balaban J connectivity index is 2.95. The van der Waals surface area contributed by atoms with E-state index in [9.17, 15) is 4.79 Å². The smallest absolute Gasteiger partial charge is 0.335 e. The first-order valence-electron chi connectivity index (χ1n) is 5.25. The number of carbonyl (C=O) groups is 1. The van der Waals surface area contributed by atoms with E-state index in [1.165, 1.54) is 6.07 Å². The minimum atomic E-state index is -0.944. The molecule has 1 aromatic carbocycles. The minimum Gasteiger partial charge on any atom is -0.494 e. The lowest BCUT2D eigenvalue weighted by Gasteiger charge is -2.10. The molecule has 4 heteroatoms. The van der Waals surface area contributed by atoms with E-state index in [0.29, 0.717) is 25.6 Å². The van der Waals surface area contributed by atoms with Gasteiger partial charge in [0.25, 0.3) is 0 Å². The van der Waals surface area contributed by atoms with E-state index < -0.39 is 5.97 Å². The van der Waals surface area contributed by atoms with Crippen LogP contribution in [0.4, 0.5) is 0 Å². The maximum atomic E-state index is 10.8. The Hall–Kier alpha value is -1.55. The second-order valence-corrected chi connectivity index (χ2v) is 3.20. The molecule has 0 saturated carbocycles. The van der Waals surface area contributed by atoms with Crippen molar-refractivity contribution in [2.75, 3.05) is 13.2 Å². The lowest BCUT2D eigenvalue weighted by Crippen LogP contribution is -2.03. The Morgan fingerprint density at radius 2 is 2.06 bits per heavy atom. The molecule has 0 heterocycles. The summed E-state index contributed by atoms with van der Waals surface area (Å²) in [5.41, 5.74) is 1.02. The number of rotatable bonds is 6. The molecule has 4 nitrogen and oxygen atoms in total. The van der Waals surface area contributed by atoms with Crippen molar-refractivity contribution in [3.05, 3.63) is 29.3 Å². The van der Waals surface area contributed by atoms with Crippen molar-refractivity contribution in [2.24, 2.45) is 0 Å². The van der Waals surface area contributed by atoms with Crippen LogP contribution in [0, 0.1) is 0 Å². The van der Waals surface area contributed by atoms with Crippen molar-refractivity contribution in [3.8, 4) is 5.75 Å². The zero-order valence-electron chi connectivity index (χ0n) is 9.53. The van der Waals surface area contributed by atoms with Gasteiger partial charge >= 0.3 is 5.97 Å². The number of carboxylic acids is 1. The highest BCUT2D eigenvalue weighted by molar-refractivity contribution is 5.88. The average Bonchev–Trinajstić information content (AvgIpc) is 2.27. The summed E-state index contributed by atoms with van der Waals surface area (Å²) in [6, 6.07) is 4.78. The molecular formula is C12H16O4. The Morgan fingerprint density at radius 1 is 1.31 bits per heavy atom. The molecule has 0 aliphatic carbocycles. The third-order valence-electron chi connectivity index (χ3n) is 2.07. The zero-order chi connectivity index (χ0) is 12.0. The van der Waals surface area contributed by atoms with Crippen LogP contribution in [-0.4, -0.2) is 24.3 Å². The zero-order valence-corrected chi connectivity index (χ0v) is 9.53. The minimum absolute atomic E-state index is 0.248. The average molecular weight is 224 g/mol. The van der Waals surface area contributed by atoms with Crippen molar-refractivity contribution in [3.63, 3.8) is 0 Å². The Labute approximate surface area is 94.8 Å². The topological polar surface area (TPSA) is 55.8 Å². The van der Waals surface area contributed by atoms with Crippen LogP contribution < -0.4 is 4.74 Å². The molecule has 0 unspecified atom stereocenters. The molecule has 0 aliphatic rings. The van der Waals surface area contributed by atoms with E-state index in [1.807, 2.05) is 13.8 Å². The molecular weight excluding hydrogens is 208 g/mol. The highest BCUT2D eigenvalue weighted by Crippen LogP contribution is 2.21. The van der Waals surface area contributed by atoms with Gasteiger partial charge in [-0.05, 0) is 32.0 Å². The van der Waals surface area contributed by atoms with Gasteiger partial charge in [0.2, 0.25) is 0 Å². The van der Waals surface area contributed by atoms with Gasteiger partial charge in [-0.3, -0.25) is 0 Å². The number of hydrogen-bond donors (Lipinski definition) is 1. The highest BCUT2D eigenvalue weighted by atomic mass is 16.5. The van der Waals surface area contributed by atoms with Gasteiger partial charge in [-0.2, -0.15) is 0 Å². The third-order valence-corrected chi connectivity index (χ3v) is 2.07. The van der Waals surface area contributed by atoms with Crippen LogP contribution in [0.15, 0.2) is 18.2 Å². The molecule has 1 rings (SSSR count). The SMILES string of the molecule is CCOCc1cc(C(=O)O)ccc1OCC. The number of benzene rings is 1. The largest absolute Gasteiger partial charge is 0.494 e. The second-order valence-electron chi connectivity index (χ2n) is 3.20. The molecule has 88 valence electrons. The molecule has 0 spiro atoms. The van der Waals surface area contributed by atoms with Crippen molar-refractivity contribution >= 4 is 5.97 Å². The summed E-state index contributed by atoms with van der Waals surface area (Å²) in [5.74, 6) is -0.262. The van der Waals surface area contributed by atoms with Gasteiger partial charge in [-0.25, -0.2) is 4.79 Å². The monoisotopic (exact) mass is 224 g/mol. The van der Waals surface area contributed by atoms with Crippen LogP contribution in [-0.2, 0) is 11.3 Å². The molecule has 1 N–H and O–H groups in total. The Bertz CT molecular complexity index is 360. The molecule has 0 radical (unpaired) electrons. The molecule has 1 aromatic rings. The summed E-state index contributed by atoms with van der Waals surface area (Å²) in [7, 11) is 0. The van der Waals surface area contributed by atoms with E-state index in [1.54, 1.807) is 12.1 Å². The van der Waals surface area contributed by atoms with Crippen LogP contribution in [0.1, 0.15) is 29.8 Å². The number of hydrogen-bond acceptors (Lipinski definition) is 3. The molecule has 16 heavy (non-hydrogen) atoms. The van der Waals surface area contributed by atoms with E-state index in [2.05, 4.69) is 0 Å². The summed E-state index contributed by atoms with van der Waals surface area (Å²) >= 11 is 0. The van der Waals surface area contributed by atoms with Gasteiger partial charge in [0.05, 0.1) is 18.8 Å². The normalized spacial score (nSPS) is 10.1. The fourth-order valence-electron chi connectivity index (χ4n) is 1.33. The fourth-order valence-corrected chi connectivity index (χ4v) is 1.33. The molecule has 0 amide bonds. The van der Waals surface area contributed by atoms with Crippen molar-refractivity contribution in [2.45, 2.75) is 20.5 Å². The van der Waals surface area contributed by atoms with Crippen molar-refractivity contribution < 1.29 is 19.4 Å². The fraction of sp³-hybridized carbons (Fsp3) is 0.417. The van der Waals surface area contributed by atoms with Crippen LogP contribution >= 0.6 is 0 Å². The van der Waals surface area contributed by atoms with Gasteiger partial charge in [0.15, 0.2) is 0 Å². The van der Waals surface area contributed by atoms with E-state index in [4.69, 9.17) is 14.6 Å². The molecule has 0 bridgehead atoms. The second kappa shape index (κ2) is 6.12. The Morgan fingerprint density at radius 3 is 2.62 bits per heavy atom. The predicted molar refractivity (Wildman–Crippen MR) is 59.9 cm³/mol. The first-order valence-corrected chi connectivity index (χ1v) is 5.25. The summed E-state index contributed by atoms with van der Waals surface area (Å²) in [6.07, 6.45) is 0. The van der Waals surface area contributed by atoms with Gasteiger partial charge in [0.1, 0.15) is 5.75 Å². The van der Waals surface area contributed by atoms with Crippen LogP contribution in [0.25, 0.3) is 0 Å². The Kier molecular flexibility index (Phi) is 4.79. The van der Waals surface area contributed by atoms with Gasteiger partial charge in [-0.1, -0.05) is 0 Å². The van der Waals surface area contributed by atoms with Gasteiger partial charge < -0.3 is 14.6 Å². The van der Waals surface area contributed by atoms with Gasteiger partial charge in [0, 0.05) is 12.2 Å². The van der Waals surface area contributed by atoms with Crippen LogP contribution in [0.2, 0.25) is 0 Å². The summed E-state index contributed by atoms with van der Waals surface area (Å²) < 4.78 is 10.7. The van der Waals surface area contributed by atoms with E-state index >= 15 is 0 Å². The molecule has 0 fully saturated rings. The molecule has 0 atom stereocenters. The van der Waals surface area contributed by atoms with Crippen LogP contribution in [0.5, 0.6) is 5.75 Å². The van der Waals surface area contributed by atoms with Crippen molar-refractivity contribution in [1.29, 1.82) is 0 Å². The quantitative estimate of drug-likeness (QED) is 0.805. The molecule has 0 aliphatic heterocycles. The van der Waals surface area contributed by atoms with Crippen molar-refractivity contribution in [1.82, 2.24) is 0 Å². The number of aromatic carboxylic acids is 1. The standard InChI is InChI=1S/C12H16O4/c1-3-15-8-10-7-9(12(13)14)5-6-11(10)16-4-2/h5-7H,3-4,8H2,1-2H3,(H,13,14). The first kappa shape index (κ1) is 12.5. The maximum absolute atomic E-state index is 10.8. The highest BCUT2D eigenvalue weighted by Gasteiger charge is 2.09. The molecule has 0 saturated heterocycles. The number of ether oxygens (including phenoxy) is 2. The summed E-state index contributed by atoms with van der Waals surface area (Å²) in [6.45, 7) is 5.28. The van der Waals surface area contributed by atoms with Crippen LogP contribution in [0.3, 0.4) is 0 Å². The lowest BCUT2D eigenvalue weighted by atomic mass is 10.1. The summed E-state index contributed by atoms with van der Waals surface area (Å²) in [4.78, 5) is 10.8. The van der Waals surface area contributed by atoms with E-state index in [0.717, 1.165) is 5.56 Å². The maximum Gasteiger partial charge on any atom is 0.335 e. The van der Waals surface area contributed by atoms with E-state index in [-0.39, 0.29) is 5.56 Å². The third kappa shape index (κ3) is 3.24. The number of carboxylic acid groups (broad SMARTS) is 1. The lowest BCUT2D eigenvalue weighted by molar-refractivity contribution is 0.0696. The predicted octanol–water partition coefficient (Wildman–Crippen LogP) is 2.32. The summed E-state index contributed by atoms with van der Waals surface area (Å²) in [5, 5.41) is 8.87. The first-order chi connectivity index (χ1) is 7.69. The molecule has 0 aromatic heterocycles. The van der Waals surface area contributed by atoms with Gasteiger partial charge in [-0.15, -0.1) is 0 Å².